The number of nitrogens with one attached hydrogen (secondary N) is 1. The number of amides is 1. The van der Waals surface area contributed by atoms with E-state index < -0.39 is 29.5 Å². The van der Waals surface area contributed by atoms with Gasteiger partial charge in [0.2, 0.25) is 0 Å². The highest BCUT2D eigenvalue weighted by Crippen LogP contribution is 2.30. The van der Waals surface area contributed by atoms with Gasteiger partial charge in [0.25, 0.3) is 11.6 Å². The van der Waals surface area contributed by atoms with Gasteiger partial charge >= 0.3 is 5.97 Å². The van der Waals surface area contributed by atoms with Crippen LogP contribution >= 0.6 is 11.6 Å². The Morgan fingerprint density at radius 3 is 2.43 bits per heavy atom. The molecule has 148 valence electrons. The van der Waals surface area contributed by atoms with Crippen LogP contribution in [-0.2, 0) is 14.3 Å². The second-order valence-electron chi connectivity index (χ2n) is 6.03. The van der Waals surface area contributed by atoms with Crippen LogP contribution in [0.2, 0.25) is 5.02 Å². The molecule has 0 heterocycles. The van der Waals surface area contributed by atoms with E-state index in [4.69, 9.17) is 21.1 Å². The van der Waals surface area contributed by atoms with Gasteiger partial charge in [0.15, 0.2) is 12.7 Å². The van der Waals surface area contributed by atoms with Crippen molar-refractivity contribution in [3.8, 4) is 5.75 Å². The third kappa shape index (κ3) is 5.43. The fourth-order valence-corrected chi connectivity index (χ4v) is 2.43. The molecule has 0 aliphatic carbocycles. The fraction of sp³-hybridized carbons (Fsp3) is 0.263. The van der Waals surface area contributed by atoms with Gasteiger partial charge in [-0.25, -0.2) is 4.79 Å². The number of nitro groups is 1. The molecule has 2 aromatic rings. The molecule has 9 heteroatoms. The Labute approximate surface area is 166 Å². The van der Waals surface area contributed by atoms with Crippen molar-refractivity contribution in [2.24, 2.45) is 0 Å². The molecule has 0 unspecified atom stereocenters. The number of hydrogen-bond acceptors (Lipinski definition) is 6. The normalized spacial score (nSPS) is 11.4. The first kappa shape index (κ1) is 21.2. The molecule has 0 bridgehead atoms. The van der Waals surface area contributed by atoms with Crippen molar-refractivity contribution in [2.45, 2.75) is 26.9 Å². The molecular formula is C19H19ClN2O6. The number of esters is 1. The molecule has 0 saturated heterocycles. The maximum absolute atomic E-state index is 12.1. The molecule has 0 radical (unpaired) electrons. The minimum atomic E-state index is -0.955. The minimum absolute atomic E-state index is 0.0801. The van der Waals surface area contributed by atoms with E-state index in [0.717, 1.165) is 5.56 Å². The Bertz CT molecular complexity index is 898. The van der Waals surface area contributed by atoms with Crippen molar-refractivity contribution in [2.75, 3.05) is 11.9 Å². The number of anilines is 1. The van der Waals surface area contributed by atoms with Crippen LogP contribution in [0.1, 0.15) is 18.1 Å². The van der Waals surface area contributed by atoms with Crippen molar-refractivity contribution < 1.29 is 24.0 Å². The van der Waals surface area contributed by atoms with E-state index in [9.17, 15) is 19.7 Å². The van der Waals surface area contributed by atoms with Gasteiger partial charge in [-0.3, -0.25) is 14.9 Å². The van der Waals surface area contributed by atoms with Gasteiger partial charge < -0.3 is 14.8 Å². The minimum Gasteiger partial charge on any atom is -0.479 e. The van der Waals surface area contributed by atoms with E-state index in [2.05, 4.69) is 5.32 Å². The Morgan fingerprint density at radius 2 is 1.82 bits per heavy atom. The summed E-state index contributed by atoms with van der Waals surface area (Å²) in [6.45, 7) is 4.30. The summed E-state index contributed by atoms with van der Waals surface area (Å²) >= 11 is 5.78. The molecular weight excluding hydrogens is 388 g/mol. The molecule has 2 rings (SSSR count). The molecule has 0 aliphatic heterocycles. The Balaban J connectivity index is 1.95. The lowest BCUT2D eigenvalue weighted by Gasteiger charge is -2.14. The average Bonchev–Trinajstić information content (AvgIpc) is 2.65. The van der Waals surface area contributed by atoms with Crippen LogP contribution in [0.15, 0.2) is 36.4 Å². The number of halogens is 1. The molecule has 2 aromatic carbocycles. The summed E-state index contributed by atoms with van der Waals surface area (Å²) in [5.74, 6) is -1.02. The van der Waals surface area contributed by atoms with Gasteiger partial charge in [0.1, 0.15) is 11.4 Å². The van der Waals surface area contributed by atoms with Crippen LogP contribution < -0.4 is 10.1 Å². The third-order valence-corrected chi connectivity index (χ3v) is 4.23. The van der Waals surface area contributed by atoms with Crippen LogP contribution in [0.5, 0.6) is 5.75 Å². The van der Waals surface area contributed by atoms with Crippen LogP contribution in [0, 0.1) is 24.0 Å². The van der Waals surface area contributed by atoms with Gasteiger partial charge in [-0.15, -0.1) is 0 Å². The number of rotatable bonds is 7. The summed E-state index contributed by atoms with van der Waals surface area (Å²) < 4.78 is 10.3. The molecule has 0 aromatic heterocycles. The van der Waals surface area contributed by atoms with Crippen molar-refractivity contribution in [1.82, 2.24) is 0 Å². The number of carbonyl (C=O) groups is 2. The fourth-order valence-electron chi connectivity index (χ4n) is 2.31. The average molecular weight is 407 g/mol. The molecule has 1 N–H and O–H groups in total. The van der Waals surface area contributed by atoms with E-state index in [1.54, 1.807) is 44.2 Å². The summed E-state index contributed by atoms with van der Waals surface area (Å²) in [6.07, 6.45) is -0.955. The van der Waals surface area contributed by atoms with Gasteiger partial charge in [0, 0.05) is 11.1 Å². The van der Waals surface area contributed by atoms with Gasteiger partial charge in [-0.2, -0.15) is 0 Å². The summed E-state index contributed by atoms with van der Waals surface area (Å²) in [5, 5.41) is 14.1. The lowest BCUT2D eigenvalue weighted by atomic mass is 10.1. The lowest BCUT2D eigenvalue weighted by Crippen LogP contribution is -2.30. The van der Waals surface area contributed by atoms with Crippen LogP contribution in [0.25, 0.3) is 0 Å². The predicted octanol–water partition coefficient (Wildman–Crippen LogP) is 3.81. The zero-order valence-electron chi connectivity index (χ0n) is 15.5. The lowest BCUT2D eigenvalue weighted by molar-refractivity contribution is -0.384. The van der Waals surface area contributed by atoms with Gasteiger partial charge in [-0.1, -0.05) is 17.7 Å². The zero-order chi connectivity index (χ0) is 20.8. The number of nitro benzene ring substituents is 1. The number of hydrogen-bond donors (Lipinski definition) is 1. The number of ether oxygens (including phenoxy) is 2. The first-order valence-corrected chi connectivity index (χ1v) is 8.70. The number of aryl methyl sites for hydroxylation is 1. The summed E-state index contributed by atoms with van der Waals surface area (Å²) in [5.41, 5.74) is 1.19. The summed E-state index contributed by atoms with van der Waals surface area (Å²) in [4.78, 5) is 34.7. The van der Waals surface area contributed by atoms with Crippen molar-refractivity contribution in [1.29, 1.82) is 0 Å². The second-order valence-corrected chi connectivity index (χ2v) is 6.47. The summed E-state index contributed by atoms with van der Waals surface area (Å²) in [7, 11) is 0. The van der Waals surface area contributed by atoms with Gasteiger partial charge in [-0.05, 0) is 56.2 Å². The second kappa shape index (κ2) is 9.18. The molecule has 0 spiro atoms. The van der Waals surface area contributed by atoms with Crippen molar-refractivity contribution >= 4 is 34.9 Å². The monoisotopic (exact) mass is 406 g/mol. The smallest absolute Gasteiger partial charge is 0.347 e. The Kier molecular flexibility index (Phi) is 6.94. The number of carbonyl (C=O) groups excluding carboxylic acids is 2. The van der Waals surface area contributed by atoms with Gasteiger partial charge in [0.05, 0.1) is 4.92 Å². The van der Waals surface area contributed by atoms with Crippen molar-refractivity contribution in [3.63, 3.8) is 0 Å². The zero-order valence-corrected chi connectivity index (χ0v) is 16.3. The first-order valence-electron chi connectivity index (χ1n) is 8.32. The number of nitrogens with zero attached hydrogens (tertiary/aromatic N) is 1. The van der Waals surface area contributed by atoms with E-state index >= 15 is 0 Å². The first-order chi connectivity index (χ1) is 13.2. The topological polar surface area (TPSA) is 108 Å². The van der Waals surface area contributed by atoms with E-state index in [-0.39, 0.29) is 11.4 Å². The standard InChI is InChI=1S/C19H19ClN2O6/c1-11-4-9-16(22(25)26)18(12(11)2)21-17(23)10-27-19(24)13(3)28-15-7-5-14(20)6-8-15/h4-9,13H,10H2,1-3H3,(H,21,23)/t13-/m1/s1. The maximum atomic E-state index is 12.1. The van der Waals surface area contributed by atoms with Crippen LogP contribution in [0.4, 0.5) is 11.4 Å². The molecule has 0 fully saturated rings. The molecule has 0 saturated carbocycles. The molecule has 8 nitrogen and oxygen atoms in total. The van der Waals surface area contributed by atoms with Crippen LogP contribution in [-0.4, -0.2) is 29.5 Å². The quantitative estimate of drug-likeness (QED) is 0.425. The van der Waals surface area contributed by atoms with E-state index in [1.807, 2.05) is 0 Å². The van der Waals surface area contributed by atoms with E-state index in [1.165, 1.54) is 13.0 Å². The highest BCUT2D eigenvalue weighted by Gasteiger charge is 2.21. The Hall–Kier alpha value is -3.13. The van der Waals surface area contributed by atoms with Crippen LogP contribution in [0.3, 0.4) is 0 Å². The third-order valence-electron chi connectivity index (χ3n) is 3.98. The highest BCUT2D eigenvalue weighted by molar-refractivity contribution is 6.30. The molecule has 1 atom stereocenters. The largest absolute Gasteiger partial charge is 0.479 e. The SMILES string of the molecule is Cc1ccc([N+](=O)[O-])c(NC(=O)COC(=O)[C@@H](C)Oc2ccc(Cl)cc2)c1C. The van der Waals surface area contributed by atoms with Crippen molar-refractivity contribution in [3.05, 3.63) is 62.7 Å². The van der Waals surface area contributed by atoms with E-state index in [0.29, 0.717) is 16.3 Å². The number of benzene rings is 2. The molecule has 1 amide bonds. The highest BCUT2D eigenvalue weighted by atomic mass is 35.5. The predicted molar refractivity (Wildman–Crippen MR) is 104 cm³/mol. The molecule has 0 aliphatic rings. The molecule has 28 heavy (non-hydrogen) atoms. The summed E-state index contributed by atoms with van der Waals surface area (Å²) in [6, 6.07) is 9.32. The maximum Gasteiger partial charge on any atom is 0.347 e. The Morgan fingerprint density at radius 1 is 1.18 bits per heavy atom.